The Morgan fingerprint density at radius 1 is 0.537 bits per heavy atom. The Kier molecular flexibility index (Phi) is 4.80. The molecule has 0 bridgehead atoms. The summed E-state index contributed by atoms with van der Waals surface area (Å²) in [4.78, 5) is 0. The van der Waals surface area contributed by atoms with E-state index in [2.05, 4.69) is 144 Å². The van der Waals surface area contributed by atoms with Crippen LogP contribution in [0.4, 0.5) is 0 Å². The first kappa shape index (κ1) is 22.7. The van der Waals surface area contributed by atoms with Gasteiger partial charge in [0.15, 0.2) is 5.58 Å². The van der Waals surface area contributed by atoms with Gasteiger partial charge in [0.2, 0.25) is 0 Å². The van der Waals surface area contributed by atoms with Crippen LogP contribution < -0.4 is 0 Å². The van der Waals surface area contributed by atoms with Gasteiger partial charge in [0.05, 0.1) is 10.9 Å². The minimum absolute atomic E-state index is 0.903. The van der Waals surface area contributed by atoms with E-state index >= 15 is 0 Å². The molecule has 3 heteroatoms. The summed E-state index contributed by atoms with van der Waals surface area (Å²) in [6.07, 6.45) is 0. The highest BCUT2D eigenvalue weighted by Crippen LogP contribution is 2.44. The smallest absolute Gasteiger partial charge is 0.161 e. The Labute approximate surface area is 240 Å². The summed E-state index contributed by atoms with van der Waals surface area (Å²) in [6, 6.07) is 49.9. The van der Waals surface area contributed by atoms with Gasteiger partial charge in [-0.3, -0.25) is 0 Å². The highest BCUT2D eigenvalue weighted by atomic mass is 32.1. The maximum Gasteiger partial charge on any atom is 0.161 e. The number of hydrogen-bond acceptors (Lipinski definition) is 2. The minimum Gasteiger partial charge on any atom is -0.454 e. The zero-order valence-electron chi connectivity index (χ0n) is 22.0. The summed E-state index contributed by atoms with van der Waals surface area (Å²) in [7, 11) is 0. The zero-order chi connectivity index (χ0) is 26.9. The number of thiophene rings is 1. The number of benzene rings is 6. The van der Waals surface area contributed by atoms with Crippen LogP contribution in [0.15, 0.2) is 144 Å². The van der Waals surface area contributed by atoms with Crippen LogP contribution in [0.1, 0.15) is 0 Å². The van der Waals surface area contributed by atoms with E-state index in [1.807, 2.05) is 11.3 Å². The van der Waals surface area contributed by atoms with Crippen LogP contribution in [0.2, 0.25) is 0 Å². The topological polar surface area (TPSA) is 18.1 Å². The predicted octanol–water partition coefficient (Wildman–Crippen LogP) is 11.2. The van der Waals surface area contributed by atoms with Gasteiger partial charge in [-0.15, -0.1) is 11.3 Å². The number of para-hydroxylation sites is 2. The van der Waals surface area contributed by atoms with E-state index in [1.165, 1.54) is 42.4 Å². The first-order chi connectivity index (χ1) is 20.3. The normalized spacial score (nSPS) is 11.9. The lowest BCUT2D eigenvalue weighted by Gasteiger charge is -2.11. The lowest BCUT2D eigenvalue weighted by Crippen LogP contribution is -1.93. The van der Waals surface area contributed by atoms with Crippen molar-refractivity contribution in [2.75, 3.05) is 0 Å². The zero-order valence-corrected chi connectivity index (χ0v) is 22.9. The van der Waals surface area contributed by atoms with Crippen molar-refractivity contribution in [3.05, 3.63) is 140 Å². The molecule has 0 saturated carbocycles. The van der Waals surface area contributed by atoms with Gasteiger partial charge in [0, 0.05) is 31.2 Å². The third-order valence-corrected chi connectivity index (χ3v) is 9.43. The third kappa shape index (κ3) is 3.30. The highest BCUT2D eigenvalue weighted by Gasteiger charge is 2.22. The molecule has 6 aromatic carbocycles. The fourth-order valence-corrected chi connectivity index (χ4v) is 7.66. The van der Waals surface area contributed by atoms with Crippen LogP contribution in [-0.4, -0.2) is 4.57 Å². The lowest BCUT2D eigenvalue weighted by molar-refractivity contribution is 0.673. The summed E-state index contributed by atoms with van der Waals surface area (Å²) in [6.45, 7) is 0. The second kappa shape index (κ2) is 8.69. The molecule has 9 rings (SSSR count). The molecule has 0 unspecified atom stereocenters. The average Bonchev–Trinajstić information content (AvgIpc) is 3.70. The number of rotatable bonds is 3. The van der Waals surface area contributed by atoms with E-state index < -0.39 is 0 Å². The lowest BCUT2D eigenvalue weighted by atomic mass is 9.96. The molecule has 0 radical (unpaired) electrons. The predicted molar refractivity (Wildman–Crippen MR) is 174 cm³/mol. The van der Waals surface area contributed by atoms with Gasteiger partial charge in [-0.05, 0) is 64.7 Å². The second-order valence-corrected chi connectivity index (χ2v) is 11.6. The third-order valence-electron chi connectivity index (χ3n) is 8.21. The Bertz CT molecular complexity index is 2420. The van der Waals surface area contributed by atoms with Crippen molar-refractivity contribution in [3.8, 4) is 27.9 Å². The largest absolute Gasteiger partial charge is 0.454 e. The van der Waals surface area contributed by atoms with Crippen LogP contribution in [0.5, 0.6) is 0 Å². The molecule has 192 valence electrons. The van der Waals surface area contributed by atoms with E-state index in [0.29, 0.717) is 0 Å². The first-order valence-corrected chi connectivity index (χ1v) is 14.7. The van der Waals surface area contributed by atoms with Crippen molar-refractivity contribution in [2.24, 2.45) is 0 Å². The standard InChI is InChI=1S/C38H23NOS/c1-2-13-26(14-3-1)39-32-20-6-4-16-31(32)37-36(39)35-27(17-10-21-33(35)40-37)24-11-8-12-25(23-24)28-18-9-19-30-29-15-5-7-22-34(29)41-38(28)30/h1-23H. The monoisotopic (exact) mass is 541 g/mol. The molecule has 9 aromatic rings. The summed E-state index contributed by atoms with van der Waals surface area (Å²) >= 11 is 1.87. The fraction of sp³-hybridized carbons (Fsp3) is 0. The molecule has 0 aliphatic rings. The van der Waals surface area contributed by atoms with Crippen molar-refractivity contribution < 1.29 is 4.42 Å². The van der Waals surface area contributed by atoms with Gasteiger partial charge < -0.3 is 8.98 Å². The number of furan rings is 1. The Morgan fingerprint density at radius 2 is 1.22 bits per heavy atom. The number of hydrogen-bond donors (Lipinski definition) is 0. The van der Waals surface area contributed by atoms with E-state index in [-0.39, 0.29) is 0 Å². The Hall–Kier alpha value is -5.12. The van der Waals surface area contributed by atoms with Crippen molar-refractivity contribution in [1.82, 2.24) is 4.57 Å². The fourth-order valence-electron chi connectivity index (χ4n) is 6.42. The number of nitrogens with zero attached hydrogens (tertiary/aromatic N) is 1. The van der Waals surface area contributed by atoms with Crippen LogP contribution in [0.25, 0.3) is 81.1 Å². The SMILES string of the molecule is c1ccc(-n2c3ccccc3c3oc4cccc(-c5cccc(-c6cccc7c6sc6ccccc67)c5)c4c32)cc1. The molecular formula is C38H23NOS. The molecule has 0 amide bonds. The van der Waals surface area contributed by atoms with E-state index in [0.717, 1.165) is 38.7 Å². The highest BCUT2D eigenvalue weighted by molar-refractivity contribution is 7.26. The Morgan fingerprint density at radius 3 is 2.12 bits per heavy atom. The van der Waals surface area contributed by atoms with E-state index in [4.69, 9.17) is 4.42 Å². The number of aromatic nitrogens is 1. The quantitative estimate of drug-likeness (QED) is 0.217. The molecule has 0 aliphatic heterocycles. The molecule has 0 aliphatic carbocycles. The van der Waals surface area contributed by atoms with Gasteiger partial charge >= 0.3 is 0 Å². The van der Waals surface area contributed by atoms with Gasteiger partial charge in [0.1, 0.15) is 11.1 Å². The molecule has 0 N–H and O–H groups in total. The minimum atomic E-state index is 0.903. The van der Waals surface area contributed by atoms with Crippen molar-refractivity contribution in [1.29, 1.82) is 0 Å². The van der Waals surface area contributed by atoms with Gasteiger partial charge in [-0.25, -0.2) is 0 Å². The summed E-state index contributed by atoms with van der Waals surface area (Å²) in [5.41, 5.74) is 10.1. The molecular weight excluding hydrogens is 518 g/mol. The van der Waals surface area contributed by atoms with Crippen LogP contribution >= 0.6 is 11.3 Å². The second-order valence-electron chi connectivity index (χ2n) is 10.5. The van der Waals surface area contributed by atoms with Gasteiger partial charge in [-0.1, -0.05) is 97.1 Å². The molecule has 3 aromatic heterocycles. The summed E-state index contributed by atoms with van der Waals surface area (Å²) in [5, 5.41) is 4.91. The molecule has 0 atom stereocenters. The average molecular weight is 542 g/mol. The maximum atomic E-state index is 6.62. The molecule has 0 fully saturated rings. The van der Waals surface area contributed by atoms with E-state index in [9.17, 15) is 0 Å². The molecule has 3 heterocycles. The maximum absolute atomic E-state index is 6.62. The summed E-state index contributed by atoms with van der Waals surface area (Å²) < 4.78 is 11.6. The van der Waals surface area contributed by atoms with E-state index in [1.54, 1.807) is 0 Å². The van der Waals surface area contributed by atoms with Crippen LogP contribution in [0.3, 0.4) is 0 Å². The Balaban J connectivity index is 1.32. The van der Waals surface area contributed by atoms with Crippen LogP contribution in [0, 0.1) is 0 Å². The van der Waals surface area contributed by atoms with Crippen molar-refractivity contribution in [3.63, 3.8) is 0 Å². The van der Waals surface area contributed by atoms with Gasteiger partial charge in [0.25, 0.3) is 0 Å². The molecule has 41 heavy (non-hydrogen) atoms. The van der Waals surface area contributed by atoms with Crippen molar-refractivity contribution >= 4 is 64.5 Å². The molecule has 0 saturated heterocycles. The van der Waals surface area contributed by atoms with Crippen molar-refractivity contribution in [2.45, 2.75) is 0 Å². The molecule has 0 spiro atoms. The molecule has 2 nitrogen and oxygen atoms in total. The summed E-state index contributed by atoms with van der Waals surface area (Å²) in [5.74, 6) is 0. The number of fused-ring (bicyclic) bond motifs is 8. The first-order valence-electron chi connectivity index (χ1n) is 13.9. The van der Waals surface area contributed by atoms with Crippen LogP contribution in [-0.2, 0) is 0 Å². The van der Waals surface area contributed by atoms with Gasteiger partial charge in [-0.2, -0.15) is 0 Å².